The minimum Gasteiger partial charge on any atom is -0.507 e. The highest BCUT2D eigenvalue weighted by atomic mass is 19.1. The van der Waals surface area contributed by atoms with Crippen LogP contribution >= 0.6 is 0 Å². The molecule has 0 radical (unpaired) electrons. The van der Waals surface area contributed by atoms with E-state index in [9.17, 15) is 18.7 Å². The summed E-state index contributed by atoms with van der Waals surface area (Å²) in [5.74, 6) is -3.32. The standard InChI is InChI=1S/C16H12F2N4O3/c1-25-12-5-3-2-4-9(12)14-19-16(22-21-14)20-15(24)13-10(18)6-8(17)7-11(13)23/h2-7,23H,1H3,(H2,19,20,21,22,24). The van der Waals surface area contributed by atoms with Crippen LogP contribution in [0.5, 0.6) is 11.5 Å². The number of carbonyl (C=O) groups is 1. The van der Waals surface area contributed by atoms with E-state index in [-0.39, 0.29) is 5.95 Å². The van der Waals surface area contributed by atoms with Crippen molar-refractivity contribution in [1.82, 2.24) is 15.2 Å². The molecule has 0 bridgehead atoms. The van der Waals surface area contributed by atoms with Crippen molar-refractivity contribution in [3.8, 4) is 22.9 Å². The second kappa shape index (κ2) is 6.56. The average Bonchev–Trinajstić information content (AvgIpc) is 3.02. The first-order valence-corrected chi connectivity index (χ1v) is 7.04. The van der Waals surface area contributed by atoms with Crippen LogP contribution in [-0.4, -0.2) is 33.3 Å². The number of aromatic hydroxyl groups is 1. The van der Waals surface area contributed by atoms with Crippen LogP contribution in [0.15, 0.2) is 36.4 Å². The molecule has 1 amide bonds. The van der Waals surface area contributed by atoms with Crippen molar-refractivity contribution in [2.45, 2.75) is 0 Å². The van der Waals surface area contributed by atoms with Crippen molar-refractivity contribution < 1.29 is 23.4 Å². The van der Waals surface area contributed by atoms with Gasteiger partial charge in [-0.25, -0.2) is 8.78 Å². The largest absolute Gasteiger partial charge is 0.507 e. The van der Waals surface area contributed by atoms with E-state index < -0.39 is 28.9 Å². The zero-order chi connectivity index (χ0) is 18.0. The molecule has 0 atom stereocenters. The molecule has 0 spiro atoms. The van der Waals surface area contributed by atoms with Crippen LogP contribution in [0, 0.1) is 11.6 Å². The normalized spacial score (nSPS) is 10.5. The van der Waals surface area contributed by atoms with Crippen molar-refractivity contribution in [1.29, 1.82) is 0 Å². The third-order valence-electron chi connectivity index (χ3n) is 3.33. The Balaban J connectivity index is 1.86. The fourth-order valence-corrected chi connectivity index (χ4v) is 2.23. The van der Waals surface area contributed by atoms with Gasteiger partial charge >= 0.3 is 0 Å². The van der Waals surface area contributed by atoms with E-state index in [0.717, 1.165) is 0 Å². The Morgan fingerprint density at radius 3 is 2.76 bits per heavy atom. The topological polar surface area (TPSA) is 100 Å². The van der Waals surface area contributed by atoms with Gasteiger partial charge in [0.2, 0.25) is 5.95 Å². The number of aromatic nitrogens is 3. The molecule has 1 aromatic heterocycles. The van der Waals surface area contributed by atoms with Gasteiger partial charge in [0.15, 0.2) is 5.82 Å². The lowest BCUT2D eigenvalue weighted by atomic mass is 10.1. The number of phenols is 1. The monoisotopic (exact) mass is 346 g/mol. The lowest BCUT2D eigenvalue weighted by Gasteiger charge is -2.05. The molecule has 25 heavy (non-hydrogen) atoms. The van der Waals surface area contributed by atoms with E-state index in [1.807, 2.05) is 0 Å². The first kappa shape index (κ1) is 16.4. The van der Waals surface area contributed by atoms with Gasteiger partial charge in [-0.3, -0.25) is 15.2 Å². The van der Waals surface area contributed by atoms with Crippen LogP contribution in [0.3, 0.4) is 0 Å². The Morgan fingerprint density at radius 1 is 1.28 bits per heavy atom. The number of benzene rings is 2. The maximum Gasteiger partial charge on any atom is 0.264 e. The molecule has 1 heterocycles. The number of halogens is 2. The van der Waals surface area contributed by atoms with Crippen molar-refractivity contribution >= 4 is 11.9 Å². The molecule has 3 rings (SSSR count). The number of anilines is 1. The Bertz CT molecular complexity index is 920. The van der Waals surface area contributed by atoms with Crippen molar-refractivity contribution in [2.24, 2.45) is 0 Å². The van der Waals surface area contributed by atoms with Crippen LogP contribution < -0.4 is 10.1 Å². The van der Waals surface area contributed by atoms with E-state index in [1.165, 1.54) is 7.11 Å². The second-order valence-corrected chi connectivity index (χ2v) is 4.94. The number of hydrogen-bond donors (Lipinski definition) is 3. The first-order valence-electron chi connectivity index (χ1n) is 7.04. The van der Waals surface area contributed by atoms with Crippen LogP contribution in [0.4, 0.5) is 14.7 Å². The van der Waals surface area contributed by atoms with E-state index in [4.69, 9.17) is 4.74 Å². The Kier molecular flexibility index (Phi) is 4.29. The summed E-state index contributed by atoms with van der Waals surface area (Å²) < 4.78 is 31.9. The maximum atomic E-state index is 13.7. The minimum atomic E-state index is -1.20. The summed E-state index contributed by atoms with van der Waals surface area (Å²) in [6.45, 7) is 0. The predicted octanol–water partition coefficient (Wildman–Crippen LogP) is 2.72. The smallest absolute Gasteiger partial charge is 0.264 e. The first-order chi connectivity index (χ1) is 12.0. The van der Waals surface area contributed by atoms with Crippen LogP contribution in [0.25, 0.3) is 11.4 Å². The number of amides is 1. The van der Waals surface area contributed by atoms with Gasteiger partial charge in [0.05, 0.1) is 12.7 Å². The number of para-hydroxylation sites is 1. The molecule has 2 aromatic carbocycles. The number of methoxy groups -OCH3 is 1. The number of ether oxygens (including phenoxy) is 1. The predicted molar refractivity (Wildman–Crippen MR) is 84.3 cm³/mol. The number of rotatable bonds is 4. The van der Waals surface area contributed by atoms with Crippen LogP contribution in [-0.2, 0) is 0 Å². The van der Waals surface area contributed by atoms with E-state index in [1.54, 1.807) is 24.3 Å². The van der Waals surface area contributed by atoms with Crippen molar-refractivity contribution in [2.75, 3.05) is 12.4 Å². The lowest BCUT2D eigenvalue weighted by molar-refractivity contribution is 0.101. The molecule has 128 valence electrons. The highest BCUT2D eigenvalue weighted by Gasteiger charge is 2.20. The molecule has 0 aliphatic carbocycles. The summed E-state index contributed by atoms with van der Waals surface area (Å²) in [5, 5.41) is 18.2. The van der Waals surface area contributed by atoms with Crippen LogP contribution in [0.1, 0.15) is 10.4 Å². The molecule has 0 saturated heterocycles. The number of carbonyl (C=O) groups excluding carboxylic acids is 1. The second-order valence-electron chi connectivity index (χ2n) is 4.94. The molecule has 0 fully saturated rings. The van der Waals surface area contributed by atoms with E-state index in [0.29, 0.717) is 29.3 Å². The van der Waals surface area contributed by atoms with Crippen molar-refractivity contribution in [3.05, 3.63) is 53.6 Å². The van der Waals surface area contributed by atoms with Gasteiger partial charge in [0.1, 0.15) is 28.7 Å². The zero-order valence-corrected chi connectivity index (χ0v) is 12.9. The van der Waals surface area contributed by atoms with Gasteiger partial charge in [-0.15, -0.1) is 5.10 Å². The minimum absolute atomic E-state index is 0.144. The molecule has 9 heteroatoms. The summed E-state index contributed by atoms with van der Waals surface area (Å²) >= 11 is 0. The van der Waals surface area contributed by atoms with Crippen molar-refractivity contribution in [3.63, 3.8) is 0 Å². The maximum absolute atomic E-state index is 13.7. The molecule has 0 aliphatic rings. The quantitative estimate of drug-likeness (QED) is 0.674. The summed E-state index contributed by atoms with van der Waals surface area (Å²) in [6.07, 6.45) is 0. The molecule has 3 N–H and O–H groups in total. The molecular formula is C16H12F2N4O3. The lowest BCUT2D eigenvalue weighted by Crippen LogP contribution is -2.15. The summed E-state index contributed by atoms with van der Waals surface area (Å²) in [4.78, 5) is 16.2. The number of phenolic OH excluding ortho intramolecular Hbond substituents is 1. The third-order valence-corrected chi connectivity index (χ3v) is 3.33. The number of nitrogens with zero attached hydrogens (tertiary/aromatic N) is 2. The number of nitrogens with one attached hydrogen (secondary N) is 2. The Hall–Kier alpha value is -3.49. The van der Waals surface area contributed by atoms with Gasteiger partial charge in [0.25, 0.3) is 5.91 Å². The fourth-order valence-electron chi connectivity index (χ4n) is 2.23. The fraction of sp³-hybridized carbons (Fsp3) is 0.0625. The van der Waals surface area contributed by atoms with Gasteiger partial charge in [-0.05, 0) is 12.1 Å². The molecule has 0 aliphatic heterocycles. The van der Waals surface area contributed by atoms with E-state index >= 15 is 0 Å². The molecular weight excluding hydrogens is 334 g/mol. The number of H-pyrrole nitrogens is 1. The van der Waals surface area contributed by atoms with Gasteiger partial charge in [-0.1, -0.05) is 12.1 Å². The molecule has 0 saturated carbocycles. The van der Waals surface area contributed by atoms with E-state index in [2.05, 4.69) is 20.5 Å². The molecule has 0 unspecified atom stereocenters. The molecule has 3 aromatic rings. The third kappa shape index (κ3) is 3.25. The number of aromatic amines is 1. The summed E-state index contributed by atoms with van der Waals surface area (Å²) in [7, 11) is 1.50. The van der Waals surface area contributed by atoms with Gasteiger partial charge < -0.3 is 9.84 Å². The van der Waals surface area contributed by atoms with Gasteiger partial charge in [0, 0.05) is 12.1 Å². The van der Waals surface area contributed by atoms with Crippen LogP contribution in [0.2, 0.25) is 0 Å². The number of hydrogen-bond acceptors (Lipinski definition) is 5. The average molecular weight is 346 g/mol. The zero-order valence-electron chi connectivity index (χ0n) is 12.9. The highest BCUT2D eigenvalue weighted by molar-refractivity contribution is 6.05. The summed E-state index contributed by atoms with van der Waals surface area (Å²) in [6, 6.07) is 8.13. The Labute approximate surface area is 140 Å². The SMILES string of the molecule is COc1ccccc1-c1nc(NC(=O)c2c(O)cc(F)cc2F)n[nH]1. The highest BCUT2D eigenvalue weighted by Crippen LogP contribution is 2.27. The summed E-state index contributed by atoms with van der Waals surface area (Å²) in [5.41, 5.74) is -0.0983. The molecule has 7 nitrogen and oxygen atoms in total. The van der Waals surface area contributed by atoms with Gasteiger partial charge in [-0.2, -0.15) is 4.98 Å². The Morgan fingerprint density at radius 2 is 2.04 bits per heavy atom.